The minimum atomic E-state index is -1.01. The van der Waals surface area contributed by atoms with E-state index in [9.17, 15) is 24.5 Å². The number of allylic oxidation sites excluding steroid dienone is 1. The molecule has 13 heteroatoms. The van der Waals surface area contributed by atoms with Crippen molar-refractivity contribution in [2.75, 3.05) is 46.7 Å². The Morgan fingerprint density at radius 2 is 1.86 bits per heavy atom. The fourth-order valence-electron chi connectivity index (χ4n) is 4.73. The van der Waals surface area contributed by atoms with Gasteiger partial charge in [0.1, 0.15) is 18.5 Å². The Hall–Kier alpha value is -4.75. The zero-order chi connectivity index (χ0) is 31.6. The summed E-state index contributed by atoms with van der Waals surface area (Å²) in [5.74, 6) is -1.91. The first-order chi connectivity index (χ1) is 21.2. The van der Waals surface area contributed by atoms with E-state index in [2.05, 4.69) is 10.6 Å². The third-order valence-corrected chi connectivity index (χ3v) is 6.90. The molecule has 44 heavy (non-hydrogen) atoms. The van der Waals surface area contributed by atoms with Crippen molar-refractivity contribution in [2.45, 2.75) is 32.3 Å². The average molecular weight is 610 g/mol. The van der Waals surface area contributed by atoms with Crippen molar-refractivity contribution in [2.24, 2.45) is 0 Å². The van der Waals surface area contributed by atoms with Crippen LogP contribution >= 0.6 is 0 Å². The molecule has 2 aliphatic rings. The number of rotatable bonds is 15. The highest BCUT2D eigenvalue weighted by molar-refractivity contribution is 6.00. The second-order valence-corrected chi connectivity index (χ2v) is 10.0. The van der Waals surface area contributed by atoms with Crippen LogP contribution in [0.5, 0.6) is 5.75 Å². The number of dihydropyridines is 1. The van der Waals surface area contributed by atoms with Gasteiger partial charge in [0.25, 0.3) is 5.69 Å². The van der Waals surface area contributed by atoms with Crippen molar-refractivity contribution in [3.8, 4) is 5.75 Å². The van der Waals surface area contributed by atoms with Crippen LogP contribution < -0.4 is 15.4 Å². The van der Waals surface area contributed by atoms with E-state index in [0.29, 0.717) is 29.3 Å². The van der Waals surface area contributed by atoms with E-state index >= 15 is 0 Å². The van der Waals surface area contributed by atoms with Gasteiger partial charge < -0.3 is 34.3 Å². The first-order valence-corrected chi connectivity index (χ1v) is 14.1. The Morgan fingerprint density at radius 1 is 1.11 bits per heavy atom. The van der Waals surface area contributed by atoms with Gasteiger partial charge in [-0.25, -0.2) is 9.59 Å². The number of nitro benzene ring substituents is 1. The standard InChI is InChI=1S/C31H35N3O10/c1-4-42-31(37)29-25(33-19(2)27(30(36)40-3)28(29)21-6-5-7-22(15-21)34(38)39)18-41-13-12-32-26(35)14-20-8-10-23(11-9-20)43-16-24-17-44-24/h5-11,15,24,28,33H,4,12-14,16-18H2,1-3H3,(H,32,35). The molecule has 2 N–H and O–H groups in total. The van der Waals surface area contributed by atoms with E-state index in [-0.39, 0.29) is 61.6 Å². The van der Waals surface area contributed by atoms with E-state index in [0.717, 1.165) is 12.2 Å². The van der Waals surface area contributed by atoms with Crippen molar-refractivity contribution < 1.29 is 43.0 Å². The number of esters is 2. The van der Waals surface area contributed by atoms with Crippen LogP contribution in [0.15, 0.2) is 71.1 Å². The minimum Gasteiger partial charge on any atom is -0.491 e. The molecule has 2 aromatic rings. The molecule has 0 aliphatic carbocycles. The molecule has 2 aliphatic heterocycles. The van der Waals surface area contributed by atoms with Gasteiger partial charge in [-0.15, -0.1) is 0 Å². The second-order valence-electron chi connectivity index (χ2n) is 10.0. The largest absolute Gasteiger partial charge is 0.491 e. The van der Waals surface area contributed by atoms with Crippen LogP contribution in [0.4, 0.5) is 5.69 Å². The quantitative estimate of drug-likeness (QED) is 0.100. The smallest absolute Gasteiger partial charge is 0.336 e. The first kappa shape index (κ1) is 32.2. The molecule has 0 bridgehead atoms. The van der Waals surface area contributed by atoms with Crippen LogP contribution in [0.1, 0.15) is 30.9 Å². The van der Waals surface area contributed by atoms with Crippen LogP contribution in [0.25, 0.3) is 0 Å². The second kappa shape index (κ2) is 15.1. The topological polar surface area (TPSA) is 168 Å². The normalized spacial score (nSPS) is 17.4. The maximum Gasteiger partial charge on any atom is 0.336 e. The molecule has 0 spiro atoms. The average Bonchev–Trinajstić information content (AvgIpc) is 3.84. The molecule has 0 aromatic heterocycles. The maximum atomic E-state index is 13.3. The molecular formula is C31H35N3O10. The summed E-state index contributed by atoms with van der Waals surface area (Å²) in [4.78, 5) is 49.5. The lowest BCUT2D eigenvalue weighted by Gasteiger charge is -2.31. The molecule has 13 nitrogen and oxygen atoms in total. The molecule has 4 rings (SSSR count). The summed E-state index contributed by atoms with van der Waals surface area (Å²) in [6.07, 6.45) is 0.341. The summed E-state index contributed by atoms with van der Waals surface area (Å²) < 4.78 is 26.8. The van der Waals surface area contributed by atoms with Gasteiger partial charge in [0.15, 0.2) is 0 Å². The number of methoxy groups -OCH3 is 1. The van der Waals surface area contributed by atoms with Crippen molar-refractivity contribution in [1.29, 1.82) is 0 Å². The first-order valence-electron chi connectivity index (χ1n) is 14.1. The number of non-ortho nitro benzene ring substituents is 1. The Balaban J connectivity index is 1.42. The molecule has 2 unspecified atom stereocenters. The predicted octanol–water partition coefficient (Wildman–Crippen LogP) is 2.70. The van der Waals surface area contributed by atoms with Gasteiger partial charge in [-0.1, -0.05) is 24.3 Å². The Kier molecular flexibility index (Phi) is 11.1. The minimum absolute atomic E-state index is 0.0611. The lowest BCUT2D eigenvalue weighted by molar-refractivity contribution is -0.384. The van der Waals surface area contributed by atoms with Gasteiger partial charge >= 0.3 is 11.9 Å². The number of hydrogen-bond donors (Lipinski definition) is 2. The summed E-state index contributed by atoms with van der Waals surface area (Å²) in [7, 11) is 1.21. The third kappa shape index (κ3) is 8.42. The highest BCUT2D eigenvalue weighted by Gasteiger charge is 2.39. The maximum absolute atomic E-state index is 13.3. The Morgan fingerprint density at radius 3 is 2.52 bits per heavy atom. The monoisotopic (exact) mass is 609 g/mol. The fraction of sp³-hybridized carbons (Fsp3) is 0.387. The molecule has 1 fully saturated rings. The lowest BCUT2D eigenvalue weighted by atomic mass is 9.80. The van der Waals surface area contributed by atoms with E-state index in [1.165, 1.54) is 25.3 Å². The van der Waals surface area contributed by atoms with Gasteiger partial charge in [0.2, 0.25) is 5.91 Å². The zero-order valence-electron chi connectivity index (χ0n) is 24.8. The highest BCUT2D eigenvalue weighted by Crippen LogP contribution is 2.40. The van der Waals surface area contributed by atoms with Crippen LogP contribution in [-0.2, 0) is 39.8 Å². The number of epoxide rings is 1. The van der Waals surface area contributed by atoms with Crippen LogP contribution in [-0.4, -0.2) is 75.6 Å². The molecule has 1 saturated heterocycles. The van der Waals surface area contributed by atoms with E-state index in [4.69, 9.17) is 23.7 Å². The summed E-state index contributed by atoms with van der Waals surface area (Å²) >= 11 is 0. The third-order valence-electron chi connectivity index (χ3n) is 6.90. The van der Waals surface area contributed by atoms with Crippen molar-refractivity contribution in [1.82, 2.24) is 10.6 Å². The number of carbonyl (C=O) groups is 3. The number of nitro groups is 1. The SMILES string of the molecule is CCOC(=O)C1=C(COCCNC(=O)Cc2ccc(OCC3CO3)cc2)NC(C)=C(C(=O)OC)C1c1cccc([N+](=O)[O-])c1. The number of carbonyl (C=O) groups excluding carboxylic acids is 3. The number of hydrogen-bond acceptors (Lipinski definition) is 11. The van der Waals surface area contributed by atoms with E-state index in [1.54, 1.807) is 19.9 Å². The van der Waals surface area contributed by atoms with Gasteiger partial charge in [0, 0.05) is 24.4 Å². The summed E-state index contributed by atoms with van der Waals surface area (Å²) in [6.45, 7) is 4.81. The van der Waals surface area contributed by atoms with Crippen LogP contribution in [0.2, 0.25) is 0 Å². The molecule has 2 aromatic carbocycles. The zero-order valence-corrected chi connectivity index (χ0v) is 24.8. The molecule has 234 valence electrons. The van der Waals surface area contributed by atoms with Gasteiger partial charge in [-0.3, -0.25) is 14.9 Å². The molecule has 0 radical (unpaired) electrons. The van der Waals surface area contributed by atoms with Gasteiger partial charge in [-0.05, 0) is 37.1 Å². The Bertz CT molecular complexity index is 1450. The molecule has 2 atom stereocenters. The molecule has 1 amide bonds. The van der Waals surface area contributed by atoms with Crippen LogP contribution in [0.3, 0.4) is 0 Å². The van der Waals surface area contributed by atoms with E-state index in [1.807, 2.05) is 24.3 Å². The van der Waals surface area contributed by atoms with Crippen LogP contribution in [0, 0.1) is 10.1 Å². The molecule has 2 heterocycles. The number of ether oxygens (including phenoxy) is 5. The molecular weight excluding hydrogens is 574 g/mol. The van der Waals surface area contributed by atoms with Crippen molar-refractivity contribution in [3.05, 3.63) is 92.3 Å². The Labute approximate surface area is 254 Å². The summed E-state index contributed by atoms with van der Waals surface area (Å²) in [6, 6.07) is 13.0. The van der Waals surface area contributed by atoms with Gasteiger partial charge in [0.05, 0.1) is 67.6 Å². The van der Waals surface area contributed by atoms with Crippen molar-refractivity contribution >= 4 is 23.5 Å². The summed E-state index contributed by atoms with van der Waals surface area (Å²) in [5.41, 5.74) is 1.86. The van der Waals surface area contributed by atoms with E-state index < -0.39 is 22.8 Å². The lowest BCUT2D eigenvalue weighted by Crippen LogP contribution is -2.35. The van der Waals surface area contributed by atoms with Crippen molar-refractivity contribution in [3.63, 3.8) is 0 Å². The van der Waals surface area contributed by atoms with Gasteiger partial charge in [-0.2, -0.15) is 0 Å². The number of nitrogens with one attached hydrogen (secondary N) is 2. The molecule has 0 saturated carbocycles. The number of benzene rings is 2. The predicted molar refractivity (Wildman–Crippen MR) is 157 cm³/mol. The highest BCUT2D eigenvalue weighted by atomic mass is 16.6. The number of amides is 1. The fourth-order valence-corrected chi connectivity index (χ4v) is 4.73. The number of nitrogens with zero attached hydrogens (tertiary/aromatic N) is 1. The summed E-state index contributed by atoms with van der Waals surface area (Å²) in [5, 5.41) is 17.4.